The van der Waals surface area contributed by atoms with Gasteiger partial charge in [0, 0.05) is 11.3 Å². The van der Waals surface area contributed by atoms with Gasteiger partial charge in [0.05, 0.1) is 17.3 Å². The average molecular weight is 528 g/mol. The lowest BCUT2D eigenvalue weighted by atomic mass is 10.1. The molecular weight excluding hydrogens is 502 g/mol. The summed E-state index contributed by atoms with van der Waals surface area (Å²) in [5, 5.41) is 13.7. The van der Waals surface area contributed by atoms with E-state index in [-0.39, 0.29) is 18.3 Å². The quantitative estimate of drug-likeness (QED) is 0.381. The molecule has 1 heterocycles. The molecule has 1 unspecified atom stereocenters. The summed E-state index contributed by atoms with van der Waals surface area (Å²) in [6.45, 7) is 0.949. The van der Waals surface area contributed by atoms with E-state index in [1.54, 1.807) is 55.5 Å². The van der Waals surface area contributed by atoms with Crippen molar-refractivity contribution >= 4 is 27.4 Å². The summed E-state index contributed by atoms with van der Waals surface area (Å²) in [6.07, 6.45) is 0. The Morgan fingerprint density at radius 3 is 2.41 bits per heavy atom. The zero-order valence-electron chi connectivity index (χ0n) is 19.9. The van der Waals surface area contributed by atoms with Gasteiger partial charge >= 0.3 is 5.97 Å². The molecule has 0 radical (unpaired) electrons. The van der Waals surface area contributed by atoms with E-state index < -0.39 is 39.7 Å². The number of anilines is 1. The van der Waals surface area contributed by atoms with Crippen molar-refractivity contribution in [2.75, 3.05) is 31.1 Å². The van der Waals surface area contributed by atoms with Gasteiger partial charge in [-0.3, -0.25) is 4.79 Å². The lowest BCUT2D eigenvalue weighted by Gasteiger charge is -2.25. The van der Waals surface area contributed by atoms with Crippen molar-refractivity contribution in [2.24, 2.45) is 0 Å². The number of rotatable bonds is 10. The number of amides is 1. The van der Waals surface area contributed by atoms with E-state index in [4.69, 9.17) is 18.9 Å². The van der Waals surface area contributed by atoms with Crippen LogP contribution in [0.4, 0.5) is 5.69 Å². The standard InChI is InChI=1S/C26H25NO9S/c1-2-33-25(29)26(30,15-34-20-6-4-3-5-7-20)16-37(31,32)21-11-9-19(10-12-21)27-24(28)18-8-13-22-23(14-18)36-17-35-22/h3-14,30H,2,15-17H2,1H3,(H,27,28). The smallest absolute Gasteiger partial charge is 0.342 e. The summed E-state index contributed by atoms with van der Waals surface area (Å²) in [7, 11) is -4.16. The van der Waals surface area contributed by atoms with Gasteiger partial charge in [0.25, 0.3) is 5.91 Å². The number of benzene rings is 3. The number of nitrogens with one attached hydrogen (secondary N) is 1. The maximum absolute atomic E-state index is 13.1. The first-order valence-corrected chi connectivity index (χ1v) is 13.0. The third-order valence-corrected chi connectivity index (χ3v) is 7.26. The maximum Gasteiger partial charge on any atom is 0.342 e. The number of fused-ring (bicyclic) bond motifs is 1. The van der Waals surface area contributed by atoms with Crippen LogP contribution in [-0.4, -0.2) is 56.8 Å². The lowest BCUT2D eigenvalue weighted by molar-refractivity contribution is -0.165. The first-order valence-electron chi connectivity index (χ1n) is 11.3. The largest absolute Gasteiger partial charge is 0.490 e. The number of hydrogen-bond donors (Lipinski definition) is 2. The van der Waals surface area contributed by atoms with Crippen LogP contribution in [0, 0.1) is 0 Å². The van der Waals surface area contributed by atoms with E-state index in [0.29, 0.717) is 28.5 Å². The normalized spacial score (nSPS) is 13.9. The fraction of sp³-hybridized carbons (Fsp3) is 0.231. The number of esters is 1. The predicted octanol–water partition coefficient (Wildman–Crippen LogP) is 2.81. The second-order valence-electron chi connectivity index (χ2n) is 8.16. The molecule has 3 aromatic carbocycles. The van der Waals surface area contributed by atoms with Crippen LogP contribution in [0.25, 0.3) is 0 Å². The molecule has 37 heavy (non-hydrogen) atoms. The van der Waals surface area contributed by atoms with Crippen LogP contribution in [-0.2, 0) is 19.4 Å². The van der Waals surface area contributed by atoms with Gasteiger partial charge in [-0.05, 0) is 61.5 Å². The third-order valence-electron chi connectivity index (χ3n) is 5.41. The fourth-order valence-electron chi connectivity index (χ4n) is 3.53. The SMILES string of the molecule is CCOC(=O)C(O)(COc1ccccc1)CS(=O)(=O)c1ccc(NC(=O)c2ccc3c(c2)OCO3)cc1. The fourth-order valence-corrected chi connectivity index (χ4v) is 5.08. The van der Waals surface area contributed by atoms with Crippen molar-refractivity contribution in [2.45, 2.75) is 17.4 Å². The minimum Gasteiger partial charge on any atom is -0.490 e. The number of ether oxygens (including phenoxy) is 4. The highest BCUT2D eigenvalue weighted by molar-refractivity contribution is 7.91. The van der Waals surface area contributed by atoms with E-state index in [1.165, 1.54) is 24.3 Å². The zero-order chi connectivity index (χ0) is 26.5. The Morgan fingerprint density at radius 2 is 1.70 bits per heavy atom. The molecule has 0 aliphatic carbocycles. The minimum absolute atomic E-state index is 0.0513. The van der Waals surface area contributed by atoms with Gasteiger partial charge in [-0.15, -0.1) is 0 Å². The third kappa shape index (κ3) is 6.19. The molecule has 0 aromatic heterocycles. The van der Waals surface area contributed by atoms with Crippen LogP contribution in [0.15, 0.2) is 77.7 Å². The Hall–Kier alpha value is -4.09. The van der Waals surface area contributed by atoms with Crippen molar-refractivity contribution in [3.8, 4) is 17.2 Å². The number of para-hydroxylation sites is 1. The van der Waals surface area contributed by atoms with Crippen LogP contribution < -0.4 is 19.5 Å². The Kier molecular flexibility index (Phi) is 7.65. The van der Waals surface area contributed by atoms with Crippen molar-refractivity contribution in [3.63, 3.8) is 0 Å². The molecule has 1 aliphatic heterocycles. The molecule has 0 bridgehead atoms. The molecule has 1 amide bonds. The molecule has 1 aliphatic rings. The number of sulfone groups is 1. The highest BCUT2D eigenvalue weighted by Crippen LogP contribution is 2.32. The van der Waals surface area contributed by atoms with Gasteiger partial charge in [-0.1, -0.05) is 18.2 Å². The van der Waals surface area contributed by atoms with E-state index in [1.807, 2.05) is 0 Å². The van der Waals surface area contributed by atoms with Gasteiger partial charge in [-0.2, -0.15) is 0 Å². The Labute approximate surface area is 213 Å². The molecular formula is C26H25NO9S. The molecule has 10 nitrogen and oxygen atoms in total. The molecule has 11 heteroatoms. The Balaban J connectivity index is 1.46. The van der Waals surface area contributed by atoms with Crippen molar-refractivity contribution in [1.82, 2.24) is 0 Å². The van der Waals surface area contributed by atoms with E-state index in [2.05, 4.69) is 5.32 Å². The molecule has 0 fully saturated rings. The molecule has 3 aromatic rings. The van der Waals surface area contributed by atoms with Gasteiger partial charge in [-0.25, -0.2) is 13.2 Å². The van der Waals surface area contributed by atoms with E-state index in [9.17, 15) is 23.1 Å². The van der Waals surface area contributed by atoms with Crippen LogP contribution in [0.2, 0.25) is 0 Å². The molecule has 4 rings (SSSR count). The summed E-state index contributed by atoms with van der Waals surface area (Å²) in [6, 6.07) is 18.5. The minimum atomic E-state index is -4.16. The van der Waals surface area contributed by atoms with Crippen molar-refractivity contribution < 1.29 is 42.1 Å². The predicted molar refractivity (Wildman–Crippen MR) is 133 cm³/mol. The van der Waals surface area contributed by atoms with Crippen LogP contribution in [0.3, 0.4) is 0 Å². The molecule has 194 valence electrons. The summed E-state index contributed by atoms with van der Waals surface area (Å²) in [5.74, 6) is -1.15. The van der Waals surface area contributed by atoms with E-state index >= 15 is 0 Å². The highest BCUT2D eigenvalue weighted by Gasteiger charge is 2.44. The van der Waals surface area contributed by atoms with Gasteiger partial charge in [0.1, 0.15) is 12.4 Å². The topological polar surface area (TPSA) is 137 Å². The monoisotopic (exact) mass is 527 g/mol. The van der Waals surface area contributed by atoms with Gasteiger partial charge < -0.3 is 29.4 Å². The maximum atomic E-state index is 13.1. The molecule has 1 atom stereocenters. The van der Waals surface area contributed by atoms with E-state index in [0.717, 1.165) is 0 Å². The number of aliphatic hydroxyl groups is 1. The molecule has 0 spiro atoms. The second-order valence-corrected chi connectivity index (χ2v) is 10.1. The first-order chi connectivity index (χ1) is 17.7. The Bertz CT molecular complexity index is 1370. The number of carbonyl (C=O) groups excluding carboxylic acids is 2. The number of hydrogen-bond acceptors (Lipinski definition) is 9. The van der Waals surface area contributed by atoms with Crippen LogP contribution in [0.1, 0.15) is 17.3 Å². The Morgan fingerprint density at radius 1 is 1.00 bits per heavy atom. The second kappa shape index (κ2) is 10.9. The molecule has 0 saturated heterocycles. The summed E-state index contributed by atoms with van der Waals surface area (Å²) < 4.78 is 47.1. The molecule has 2 N–H and O–H groups in total. The first kappa shape index (κ1) is 26.0. The van der Waals surface area contributed by atoms with Crippen molar-refractivity contribution in [1.29, 1.82) is 0 Å². The molecule has 0 saturated carbocycles. The van der Waals surface area contributed by atoms with Crippen LogP contribution in [0.5, 0.6) is 17.2 Å². The summed E-state index contributed by atoms with van der Waals surface area (Å²) in [5.41, 5.74) is -1.77. The number of carbonyl (C=O) groups is 2. The summed E-state index contributed by atoms with van der Waals surface area (Å²) in [4.78, 5) is 24.9. The van der Waals surface area contributed by atoms with Gasteiger partial charge in [0.15, 0.2) is 21.3 Å². The highest BCUT2D eigenvalue weighted by atomic mass is 32.2. The summed E-state index contributed by atoms with van der Waals surface area (Å²) >= 11 is 0. The van der Waals surface area contributed by atoms with Gasteiger partial charge in [0.2, 0.25) is 12.4 Å². The van der Waals surface area contributed by atoms with Crippen molar-refractivity contribution in [3.05, 3.63) is 78.4 Å². The van der Waals surface area contributed by atoms with Crippen LogP contribution >= 0.6 is 0 Å². The average Bonchev–Trinajstić information content (AvgIpc) is 3.36. The zero-order valence-corrected chi connectivity index (χ0v) is 20.7. The lowest BCUT2D eigenvalue weighted by Crippen LogP contribution is -2.51.